The third-order valence-electron chi connectivity index (χ3n) is 4.92. The largest absolute Gasteiger partial charge is 0.338 e. The minimum absolute atomic E-state index is 0.0918. The van der Waals surface area contributed by atoms with Gasteiger partial charge in [0.05, 0.1) is 11.1 Å². The van der Waals surface area contributed by atoms with Crippen LogP contribution in [0.1, 0.15) is 15.9 Å². The minimum Gasteiger partial charge on any atom is -0.338 e. The molecule has 11 heteroatoms. The molecule has 0 aliphatic carbocycles. The molecule has 0 saturated heterocycles. The van der Waals surface area contributed by atoms with Crippen LogP contribution in [0.25, 0.3) is 11.0 Å². The number of fused-ring (bicyclic) bond motifs is 1. The number of amides is 1. The van der Waals surface area contributed by atoms with E-state index in [4.69, 9.17) is 0 Å². The molecule has 33 heavy (non-hydrogen) atoms. The summed E-state index contributed by atoms with van der Waals surface area (Å²) in [4.78, 5) is 29.6. The number of nitrogens with zero attached hydrogens (tertiary/aromatic N) is 5. The van der Waals surface area contributed by atoms with Gasteiger partial charge >= 0.3 is 0 Å². The fourth-order valence-electron chi connectivity index (χ4n) is 3.07. The van der Waals surface area contributed by atoms with E-state index in [1.165, 1.54) is 38.9 Å². The molecule has 0 unspecified atom stereocenters. The topological polar surface area (TPSA) is 130 Å². The monoisotopic (exact) mass is 463 g/mol. The number of aromatic nitrogens is 4. The third-order valence-corrected chi connectivity index (χ3v) is 6.74. The van der Waals surface area contributed by atoms with Gasteiger partial charge in [0, 0.05) is 31.0 Å². The third kappa shape index (κ3) is 4.64. The van der Waals surface area contributed by atoms with Crippen LogP contribution in [0.3, 0.4) is 0 Å². The van der Waals surface area contributed by atoms with Crippen molar-refractivity contribution in [1.29, 1.82) is 0 Å². The Morgan fingerprint density at radius 1 is 1.00 bits per heavy atom. The van der Waals surface area contributed by atoms with Crippen LogP contribution >= 0.6 is 0 Å². The average Bonchev–Trinajstić information content (AvgIpc) is 2.80. The highest BCUT2D eigenvalue weighted by molar-refractivity contribution is 7.89. The number of hydrogen-bond acceptors (Lipinski definition) is 8. The Kier molecular flexibility index (Phi) is 5.99. The van der Waals surface area contributed by atoms with E-state index in [-0.39, 0.29) is 10.8 Å². The summed E-state index contributed by atoms with van der Waals surface area (Å²) < 4.78 is 25.9. The van der Waals surface area contributed by atoms with E-state index in [1.807, 2.05) is 13.0 Å². The van der Waals surface area contributed by atoms with Gasteiger partial charge in [0.15, 0.2) is 5.82 Å². The fourth-order valence-corrected chi connectivity index (χ4v) is 4.02. The molecule has 0 atom stereocenters. The average molecular weight is 464 g/mol. The molecule has 0 radical (unpaired) electrons. The second kappa shape index (κ2) is 8.88. The Hall–Kier alpha value is -3.96. The summed E-state index contributed by atoms with van der Waals surface area (Å²) in [5.41, 5.74) is 3.47. The predicted octanol–water partition coefficient (Wildman–Crippen LogP) is 2.97. The molecule has 2 aromatic heterocycles. The molecule has 0 fully saturated rings. The van der Waals surface area contributed by atoms with Crippen molar-refractivity contribution in [3.05, 3.63) is 72.4 Å². The molecule has 0 bridgehead atoms. The SMILES string of the molecule is Cc1ccc(C(=O)Nc2cccc(S(=O)(=O)N(C)C)c2)cc1Nc1ncnc2cncnc12. The Bertz CT molecular complexity index is 1450. The van der Waals surface area contributed by atoms with E-state index >= 15 is 0 Å². The van der Waals surface area contributed by atoms with Crippen molar-refractivity contribution in [2.24, 2.45) is 0 Å². The van der Waals surface area contributed by atoms with Crippen molar-refractivity contribution in [2.75, 3.05) is 24.7 Å². The van der Waals surface area contributed by atoms with Crippen LogP contribution in [0.2, 0.25) is 0 Å². The molecule has 0 aliphatic rings. The van der Waals surface area contributed by atoms with Crippen molar-refractivity contribution in [3.63, 3.8) is 0 Å². The van der Waals surface area contributed by atoms with Gasteiger partial charge in [-0.3, -0.25) is 4.79 Å². The number of rotatable bonds is 6. The van der Waals surface area contributed by atoms with Crippen LogP contribution in [-0.4, -0.2) is 52.7 Å². The first-order valence-electron chi connectivity index (χ1n) is 9.88. The highest BCUT2D eigenvalue weighted by Crippen LogP contribution is 2.25. The first-order valence-corrected chi connectivity index (χ1v) is 11.3. The smallest absolute Gasteiger partial charge is 0.255 e. The van der Waals surface area contributed by atoms with Gasteiger partial charge in [-0.25, -0.2) is 32.7 Å². The maximum Gasteiger partial charge on any atom is 0.255 e. The van der Waals surface area contributed by atoms with Crippen molar-refractivity contribution < 1.29 is 13.2 Å². The van der Waals surface area contributed by atoms with Crippen molar-refractivity contribution >= 4 is 44.2 Å². The molecule has 10 nitrogen and oxygen atoms in total. The zero-order valence-electron chi connectivity index (χ0n) is 18.1. The lowest BCUT2D eigenvalue weighted by atomic mass is 10.1. The Balaban J connectivity index is 1.60. The number of carbonyl (C=O) groups excluding carboxylic acids is 1. The van der Waals surface area contributed by atoms with E-state index in [9.17, 15) is 13.2 Å². The van der Waals surface area contributed by atoms with Crippen LogP contribution in [0, 0.1) is 6.92 Å². The standard InChI is InChI=1S/C22H21N7O3S/c1-14-7-8-15(9-18(14)28-21-20-19(24-13-26-21)11-23-12-25-20)22(30)27-16-5-4-6-17(10-16)33(31,32)29(2)3/h4-13H,1-3H3,(H,27,30)(H,24,26,28). The van der Waals surface area contributed by atoms with E-state index < -0.39 is 10.0 Å². The quantitative estimate of drug-likeness (QED) is 0.446. The van der Waals surface area contributed by atoms with Crippen molar-refractivity contribution in [1.82, 2.24) is 24.2 Å². The van der Waals surface area contributed by atoms with Gasteiger partial charge in [0.1, 0.15) is 23.7 Å². The van der Waals surface area contributed by atoms with Gasteiger partial charge in [-0.05, 0) is 42.8 Å². The molecule has 0 spiro atoms. The summed E-state index contributed by atoms with van der Waals surface area (Å²) in [6.45, 7) is 1.90. The Morgan fingerprint density at radius 3 is 2.61 bits per heavy atom. The lowest BCUT2D eigenvalue weighted by Gasteiger charge is -2.14. The first-order chi connectivity index (χ1) is 15.8. The van der Waals surface area contributed by atoms with Gasteiger partial charge in [-0.15, -0.1) is 0 Å². The Morgan fingerprint density at radius 2 is 1.82 bits per heavy atom. The number of anilines is 3. The number of benzene rings is 2. The predicted molar refractivity (Wildman–Crippen MR) is 125 cm³/mol. The van der Waals surface area contributed by atoms with E-state index in [1.54, 1.807) is 30.5 Å². The summed E-state index contributed by atoms with van der Waals surface area (Å²) in [5, 5.41) is 5.96. The number of aryl methyl sites for hydroxylation is 1. The summed E-state index contributed by atoms with van der Waals surface area (Å²) in [6, 6.07) is 11.3. The molecule has 0 saturated carbocycles. The van der Waals surface area contributed by atoms with Crippen LogP contribution < -0.4 is 10.6 Å². The second-order valence-corrected chi connectivity index (χ2v) is 9.55. The summed E-state index contributed by atoms with van der Waals surface area (Å²) in [6.07, 6.45) is 4.42. The summed E-state index contributed by atoms with van der Waals surface area (Å²) in [7, 11) is -0.710. The normalized spacial score (nSPS) is 11.5. The number of hydrogen-bond donors (Lipinski definition) is 2. The molecular weight excluding hydrogens is 442 g/mol. The van der Waals surface area contributed by atoms with Crippen LogP contribution in [0.15, 0.2) is 66.2 Å². The highest BCUT2D eigenvalue weighted by Gasteiger charge is 2.18. The van der Waals surface area contributed by atoms with Crippen LogP contribution in [0.4, 0.5) is 17.2 Å². The lowest BCUT2D eigenvalue weighted by Crippen LogP contribution is -2.22. The molecule has 2 aromatic carbocycles. The number of nitrogens with one attached hydrogen (secondary N) is 2. The molecule has 0 aliphatic heterocycles. The molecule has 2 N–H and O–H groups in total. The summed E-state index contributed by atoms with van der Waals surface area (Å²) in [5.74, 6) is 0.108. The van der Waals surface area contributed by atoms with Gasteiger partial charge in [-0.1, -0.05) is 12.1 Å². The van der Waals surface area contributed by atoms with E-state index in [2.05, 4.69) is 30.6 Å². The van der Waals surface area contributed by atoms with Gasteiger partial charge < -0.3 is 10.6 Å². The Labute approximate surface area is 190 Å². The maximum absolute atomic E-state index is 12.9. The molecule has 1 amide bonds. The molecule has 4 rings (SSSR count). The lowest BCUT2D eigenvalue weighted by molar-refractivity contribution is 0.102. The van der Waals surface area contributed by atoms with Gasteiger partial charge in [-0.2, -0.15) is 0 Å². The van der Waals surface area contributed by atoms with E-state index in [0.717, 1.165) is 9.87 Å². The molecule has 2 heterocycles. The first kappa shape index (κ1) is 22.2. The van der Waals surface area contributed by atoms with E-state index in [0.29, 0.717) is 33.8 Å². The molecule has 4 aromatic rings. The van der Waals surface area contributed by atoms with Crippen molar-refractivity contribution in [2.45, 2.75) is 11.8 Å². The maximum atomic E-state index is 12.9. The van der Waals surface area contributed by atoms with Crippen LogP contribution in [0.5, 0.6) is 0 Å². The number of carbonyl (C=O) groups is 1. The minimum atomic E-state index is -3.62. The second-order valence-electron chi connectivity index (χ2n) is 7.40. The van der Waals surface area contributed by atoms with Crippen molar-refractivity contribution in [3.8, 4) is 0 Å². The molecular formula is C22H21N7O3S. The van der Waals surface area contributed by atoms with Gasteiger partial charge in [0.2, 0.25) is 10.0 Å². The van der Waals surface area contributed by atoms with Gasteiger partial charge in [0.25, 0.3) is 5.91 Å². The molecule has 168 valence electrons. The fraction of sp³-hybridized carbons (Fsp3) is 0.136. The number of sulfonamides is 1. The zero-order chi connectivity index (χ0) is 23.6. The van der Waals surface area contributed by atoms with Crippen LogP contribution in [-0.2, 0) is 10.0 Å². The summed E-state index contributed by atoms with van der Waals surface area (Å²) >= 11 is 0. The highest BCUT2D eigenvalue weighted by atomic mass is 32.2. The zero-order valence-corrected chi connectivity index (χ0v) is 19.0.